The maximum absolute atomic E-state index is 12.8. The molecule has 6 nitrogen and oxygen atoms in total. The Labute approximate surface area is 142 Å². The van der Waals surface area contributed by atoms with Crippen LogP contribution in [0.15, 0.2) is 47.1 Å². The molecule has 0 aliphatic heterocycles. The summed E-state index contributed by atoms with van der Waals surface area (Å²) in [6.45, 7) is 1.28. The highest BCUT2D eigenvalue weighted by atomic mass is 35.5. The molecule has 2 heterocycles. The fourth-order valence-electron chi connectivity index (χ4n) is 2.40. The van der Waals surface area contributed by atoms with E-state index in [0.717, 1.165) is 4.90 Å². The van der Waals surface area contributed by atoms with E-state index in [1.54, 1.807) is 24.3 Å². The van der Waals surface area contributed by atoms with Crippen LogP contribution in [0.2, 0.25) is 5.02 Å². The van der Waals surface area contributed by atoms with E-state index in [1.165, 1.54) is 32.5 Å². The van der Waals surface area contributed by atoms with Crippen molar-refractivity contribution in [2.75, 3.05) is 12.0 Å². The quantitative estimate of drug-likeness (QED) is 0.724. The zero-order valence-corrected chi connectivity index (χ0v) is 13.7. The summed E-state index contributed by atoms with van der Waals surface area (Å²) < 4.78 is 10.8. The molecule has 0 spiro atoms. The van der Waals surface area contributed by atoms with Crippen LogP contribution in [0.3, 0.4) is 0 Å². The highest BCUT2D eigenvalue weighted by molar-refractivity contribution is 6.35. The van der Waals surface area contributed by atoms with Crippen molar-refractivity contribution in [2.45, 2.75) is 6.92 Å². The van der Waals surface area contributed by atoms with E-state index in [2.05, 4.69) is 4.98 Å². The Morgan fingerprint density at radius 1 is 1.29 bits per heavy atom. The maximum atomic E-state index is 12.8. The first-order valence-electron chi connectivity index (χ1n) is 7.04. The molecule has 3 aromatic rings. The average molecular weight is 345 g/mol. The second kappa shape index (κ2) is 6.33. The van der Waals surface area contributed by atoms with Crippen molar-refractivity contribution in [1.29, 1.82) is 0 Å². The lowest BCUT2D eigenvalue weighted by molar-refractivity contribution is -0.116. The van der Waals surface area contributed by atoms with Gasteiger partial charge in [0.05, 0.1) is 23.2 Å². The lowest BCUT2D eigenvalue weighted by Crippen LogP contribution is -2.35. The van der Waals surface area contributed by atoms with E-state index in [4.69, 9.17) is 20.8 Å². The molecule has 2 amide bonds. The summed E-state index contributed by atoms with van der Waals surface area (Å²) in [5, 5.41) is 0.836. The average Bonchev–Trinajstić information content (AvgIpc) is 3.00. The van der Waals surface area contributed by atoms with Gasteiger partial charge in [0.15, 0.2) is 5.76 Å². The number of nitrogens with zero attached hydrogens (tertiary/aromatic N) is 2. The van der Waals surface area contributed by atoms with Crippen LogP contribution >= 0.6 is 11.6 Å². The van der Waals surface area contributed by atoms with Crippen molar-refractivity contribution in [2.24, 2.45) is 0 Å². The van der Waals surface area contributed by atoms with Crippen LogP contribution in [0, 0.1) is 0 Å². The van der Waals surface area contributed by atoms with Crippen molar-refractivity contribution in [3.8, 4) is 5.75 Å². The molecule has 3 rings (SSSR count). The monoisotopic (exact) mass is 344 g/mol. The number of imide groups is 1. The van der Waals surface area contributed by atoms with E-state index in [9.17, 15) is 9.59 Å². The van der Waals surface area contributed by atoms with Gasteiger partial charge in [-0.25, -0.2) is 4.90 Å². The van der Waals surface area contributed by atoms with Gasteiger partial charge in [-0.2, -0.15) is 0 Å². The number of anilines is 1. The molecule has 0 aliphatic carbocycles. The van der Waals surface area contributed by atoms with Gasteiger partial charge in [-0.1, -0.05) is 17.7 Å². The van der Waals surface area contributed by atoms with Crippen LogP contribution in [0.1, 0.15) is 17.5 Å². The summed E-state index contributed by atoms with van der Waals surface area (Å²) in [5.41, 5.74) is 0.735. The SMILES string of the molecule is COc1cccc2oc(C(=O)N(C(C)=O)c3ccncc3Cl)cc12. The minimum absolute atomic E-state index is 0.0116. The third-order valence-corrected chi connectivity index (χ3v) is 3.75. The van der Waals surface area contributed by atoms with Gasteiger partial charge in [-0.3, -0.25) is 14.6 Å². The maximum Gasteiger partial charge on any atom is 0.300 e. The number of aromatic nitrogens is 1. The van der Waals surface area contributed by atoms with Gasteiger partial charge in [0, 0.05) is 25.4 Å². The molecule has 0 N–H and O–H groups in total. The summed E-state index contributed by atoms with van der Waals surface area (Å²) in [6, 6.07) is 8.26. The third kappa shape index (κ3) is 2.72. The number of amides is 2. The predicted octanol–water partition coefficient (Wildman–Crippen LogP) is 3.68. The number of benzene rings is 1. The number of halogens is 1. The number of hydrogen-bond donors (Lipinski definition) is 0. The Balaban J connectivity index is 2.09. The number of fused-ring (bicyclic) bond motifs is 1. The number of furan rings is 1. The van der Waals surface area contributed by atoms with Crippen LogP contribution in [-0.2, 0) is 4.79 Å². The number of ether oxygens (including phenoxy) is 1. The fourth-order valence-corrected chi connectivity index (χ4v) is 2.60. The van der Waals surface area contributed by atoms with Crippen LogP contribution < -0.4 is 9.64 Å². The van der Waals surface area contributed by atoms with E-state index >= 15 is 0 Å². The molecule has 122 valence electrons. The molecular formula is C17H13ClN2O4. The Hall–Kier alpha value is -2.86. The number of hydrogen-bond acceptors (Lipinski definition) is 5. The van der Waals surface area contributed by atoms with Crippen LogP contribution in [0.25, 0.3) is 11.0 Å². The van der Waals surface area contributed by atoms with Gasteiger partial charge >= 0.3 is 5.91 Å². The first-order valence-corrected chi connectivity index (χ1v) is 7.42. The minimum Gasteiger partial charge on any atom is -0.496 e. The molecule has 0 bridgehead atoms. The standard InChI is InChI=1S/C17H13ClN2O4/c1-10(21)20(13-6-7-19-9-12(13)18)17(22)16-8-11-14(23-2)4-3-5-15(11)24-16/h3-9H,1-2H3. The lowest BCUT2D eigenvalue weighted by Gasteiger charge is -2.18. The highest BCUT2D eigenvalue weighted by Crippen LogP contribution is 2.31. The highest BCUT2D eigenvalue weighted by Gasteiger charge is 2.27. The molecule has 2 aromatic heterocycles. The van der Waals surface area contributed by atoms with Crippen LogP contribution in [-0.4, -0.2) is 23.9 Å². The number of pyridine rings is 1. The number of rotatable bonds is 3. The predicted molar refractivity (Wildman–Crippen MR) is 89.5 cm³/mol. The second-order valence-corrected chi connectivity index (χ2v) is 5.38. The molecule has 24 heavy (non-hydrogen) atoms. The zero-order valence-electron chi connectivity index (χ0n) is 12.9. The summed E-state index contributed by atoms with van der Waals surface area (Å²) >= 11 is 6.06. The van der Waals surface area contributed by atoms with Gasteiger partial charge in [-0.05, 0) is 18.2 Å². The summed E-state index contributed by atoms with van der Waals surface area (Å²) in [5.74, 6) is -0.515. The number of carbonyl (C=O) groups excluding carboxylic acids is 2. The van der Waals surface area contributed by atoms with E-state index in [1.807, 2.05) is 0 Å². The second-order valence-electron chi connectivity index (χ2n) is 4.97. The van der Waals surface area contributed by atoms with Gasteiger partial charge in [0.1, 0.15) is 11.3 Å². The normalized spacial score (nSPS) is 10.6. The summed E-state index contributed by atoms with van der Waals surface area (Å²) in [7, 11) is 1.53. The van der Waals surface area contributed by atoms with E-state index in [0.29, 0.717) is 16.7 Å². The molecule has 0 aliphatic rings. The Bertz CT molecular complexity index is 935. The summed E-state index contributed by atoms with van der Waals surface area (Å²) in [6.07, 6.45) is 2.81. The molecule has 0 atom stereocenters. The first-order chi connectivity index (χ1) is 11.5. The van der Waals surface area contributed by atoms with Crippen LogP contribution in [0.4, 0.5) is 5.69 Å². The molecule has 0 unspecified atom stereocenters. The van der Waals surface area contributed by atoms with Crippen molar-refractivity contribution in [1.82, 2.24) is 4.98 Å². The third-order valence-electron chi connectivity index (χ3n) is 3.46. The molecule has 7 heteroatoms. The van der Waals surface area contributed by atoms with Crippen molar-refractivity contribution >= 4 is 40.1 Å². The molecule has 0 fully saturated rings. The molecular weight excluding hydrogens is 332 g/mol. The fraction of sp³-hybridized carbons (Fsp3) is 0.118. The van der Waals surface area contributed by atoms with Crippen molar-refractivity contribution < 1.29 is 18.7 Å². The Morgan fingerprint density at radius 2 is 2.08 bits per heavy atom. The Kier molecular flexibility index (Phi) is 4.22. The first kappa shape index (κ1) is 16.0. The van der Waals surface area contributed by atoms with Gasteiger partial charge in [0.2, 0.25) is 5.91 Å². The van der Waals surface area contributed by atoms with E-state index in [-0.39, 0.29) is 16.5 Å². The molecule has 0 saturated carbocycles. The lowest BCUT2D eigenvalue weighted by atomic mass is 10.2. The number of carbonyl (C=O) groups is 2. The van der Waals surface area contributed by atoms with Gasteiger partial charge in [0.25, 0.3) is 0 Å². The molecule has 1 aromatic carbocycles. The van der Waals surface area contributed by atoms with E-state index < -0.39 is 11.8 Å². The minimum atomic E-state index is -0.617. The summed E-state index contributed by atoms with van der Waals surface area (Å²) in [4.78, 5) is 29.6. The topological polar surface area (TPSA) is 72.6 Å². The van der Waals surface area contributed by atoms with Crippen LogP contribution in [0.5, 0.6) is 5.75 Å². The molecule has 0 radical (unpaired) electrons. The smallest absolute Gasteiger partial charge is 0.300 e. The van der Waals surface area contributed by atoms with Crippen molar-refractivity contribution in [3.63, 3.8) is 0 Å². The molecule has 0 saturated heterocycles. The van der Waals surface area contributed by atoms with Gasteiger partial charge in [-0.15, -0.1) is 0 Å². The largest absolute Gasteiger partial charge is 0.496 e. The Morgan fingerprint density at radius 3 is 2.75 bits per heavy atom. The van der Waals surface area contributed by atoms with Gasteiger partial charge < -0.3 is 9.15 Å². The van der Waals surface area contributed by atoms with Crippen molar-refractivity contribution in [3.05, 3.63) is 53.5 Å². The zero-order chi connectivity index (χ0) is 17.3. The number of methoxy groups -OCH3 is 1.